The maximum Gasteiger partial charge on any atom is 0.262 e. The molecule has 5 nitrogen and oxygen atoms in total. The summed E-state index contributed by atoms with van der Waals surface area (Å²) >= 11 is 0. The number of nitrogens with one attached hydrogen (secondary N) is 1. The Balaban J connectivity index is 1.93. The fraction of sp³-hybridized carbons (Fsp3) is 0.188. The summed E-state index contributed by atoms with van der Waals surface area (Å²) in [5, 5.41) is 2.76. The van der Waals surface area contributed by atoms with Crippen LogP contribution in [0, 0.1) is 0 Å². The zero-order valence-electron chi connectivity index (χ0n) is 11.8. The Morgan fingerprint density at radius 2 is 1.95 bits per heavy atom. The normalized spacial score (nSPS) is 9.95. The van der Waals surface area contributed by atoms with E-state index >= 15 is 0 Å². The summed E-state index contributed by atoms with van der Waals surface area (Å²) in [6.07, 6.45) is 0. The lowest BCUT2D eigenvalue weighted by atomic mass is 10.3. The summed E-state index contributed by atoms with van der Waals surface area (Å²) in [7, 11) is 0. The third-order valence-corrected chi connectivity index (χ3v) is 2.69. The third-order valence-electron chi connectivity index (χ3n) is 2.69. The Bertz CT molecular complexity index is 614. The van der Waals surface area contributed by atoms with E-state index in [0.29, 0.717) is 29.5 Å². The van der Waals surface area contributed by atoms with Crippen LogP contribution in [0.2, 0.25) is 0 Å². The summed E-state index contributed by atoms with van der Waals surface area (Å²) < 4.78 is 10.8. The number of rotatable bonds is 6. The van der Waals surface area contributed by atoms with Crippen LogP contribution in [0.5, 0.6) is 11.5 Å². The predicted molar refractivity (Wildman–Crippen MR) is 82.6 cm³/mol. The van der Waals surface area contributed by atoms with Gasteiger partial charge in [0.25, 0.3) is 5.91 Å². The fourth-order valence-electron chi connectivity index (χ4n) is 1.79. The van der Waals surface area contributed by atoms with Crippen molar-refractivity contribution in [2.45, 2.75) is 6.92 Å². The molecular weight excluding hydrogens is 268 g/mol. The van der Waals surface area contributed by atoms with Gasteiger partial charge in [0, 0.05) is 11.8 Å². The second-order valence-corrected chi connectivity index (χ2v) is 4.34. The molecule has 0 fully saturated rings. The first-order valence-electron chi connectivity index (χ1n) is 6.69. The van der Waals surface area contributed by atoms with Gasteiger partial charge in [-0.15, -0.1) is 0 Å². The summed E-state index contributed by atoms with van der Waals surface area (Å²) in [4.78, 5) is 11.9. The van der Waals surface area contributed by atoms with E-state index < -0.39 is 0 Å². The van der Waals surface area contributed by atoms with E-state index in [9.17, 15) is 4.79 Å². The largest absolute Gasteiger partial charge is 0.492 e. The topological polar surface area (TPSA) is 73.6 Å². The lowest BCUT2D eigenvalue weighted by Gasteiger charge is -2.11. The van der Waals surface area contributed by atoms with Crippen molar-refractivity contribution >= 4 is 17.3 Å². The first kappa shape index (κ1) is 14.7. The number of benzene rings is 2. The van der Waals surface area contributed by atoms with Gasteiger partial charge in [-0.2, -0.15) is 0 Å². The molecule has 2 rings (SSSR count). The van der Waals surface area contributed by atoms with E-state index in [4.69, 9.17) is 15.2 Å². The number of hydrogen-bond donors (Lipinski definition) is 2. The minimum absolute atomic E-state index is 0.0933. The van der Waals surface area contributed by atoms with Gasteiger partial charge in [0.2, 0.25) is 0 Å². The van der Waals surface area contributed by atoms with Crippen molar-refractivity contribution in [1.82, 2.24) is 0 Å². The number of para-hydroxylation sites is 2. The van der Waals surface area contributed by atoms with Crippen molar-refractivity contribution in [3.05, 3.63) is 48.5 Å². The Hall–Kier alpha value is -2.69. The Morgan fingerprint density at radius 3 is 2.71 bits per heavy atom. The highest BCUT2D eigenvalue weighted by Gasteiger charge is 2.08. The van der Waals surface area contributed by atoms with Gasteiger partial charge in [-0.05, 0) is 31.2 Å². The summed E-state index contributed by atoms with van der Waals surface area (Å²) in [5.41, 5.74) is 6.86. The third kappa shape index (κ3) is 4.42. The molecule has 0 saturated carbocycles. The maximum absolute atomic E-state index is 11.9. The van der Waals surface area contributed by atoms with Crippen molar-refractivity contribution in [3.8, 4) is 11.5 Å². The van der Waals surface area contributed by atoms with E-state index in [2.05, 4.69) is 5.32 Å². The van der Waals surface area contributed by atoms with Crippen LogP contribution in [0.25, 0.3) is 0 Å². The number of anilines is 2. The van der Waals surface area contributed by atoms with Crippen LogP contribution >= 0.6 is 0 Å². The number of carbonyl (C=O) groups is 1. The molecule has 0 radical (unpaired) electrons. The Labute approximate surface area is 123 Å². The molecule has 3 N–H and O–H groups in total. The molecule has 0 aliphatic rings. The number of nitrogens with two attached hydrogens (primary N) is 1. The molecule has 0 aliphatic heterocycles. The van der Waals surface area contributed by atoms with Crippen LogP contribution in [0.1, 0.15) is 6.92 Å². The van der Waals surface area contributed by atoms with Crippen LogP contribution in [-0.4, -0.2) is 19.1 Å². The molecule has 0 heterocycles. The molecule has 21 heavy (non-hydrogen) atoms. The second kappa shape index (κ2) is 7.19. The van der Waals surface area contributed by atoms with E-state index in [1.807, 2.05) is 19.1 Å². The summed E-state index contributed by atoms with van der Waals surface area (Å²) in [5.74, 6) is 0.935. The molecule has 0 spiro atoms. The van der Waals surface area contributed by atoms with Gasteiger partial charge in [0.1, 0.15) is 11.5 Å². The molecule has 0 aliphatic carbocycles. The minimum atomic E-state index is -0.260. The fourth-order valence-corrected chi connectivity index (χ4v) is 1.79. The highest BCUT2D eigenvalue weighted by Crippen LogP contribution is 2.23. The van der Waals surface area contributed by atoms with E-state index in [0.717, 1.165) is 0 Å². The van der Waals surface area contributed by atoms with Gasteiger partial charge in [-0.1, -0.05) is 18.2 Å². The van der Waals surface area contributed by atoms with E-state index in [-0.39, 0.29) is 12.5 Å². The van der Waals surface area contributed by atoms with Crippen molar-refractivity contribution in [1.29, 1.82) is 0 Å². The number of carbonyl (C=O) groups excluding carboxylic acids is 1. The SMILES string of the molecule is CCOc1ccccc1NC(=O)COc1cccc(N)c1. The summed E-state index contributed by atoms with van der Waals surface area (Å²) in [6, 6.07) is 14.2. The standard InChI is InChI=1S/C16H18N2O3/c1-2-20-15-9-4-3-8-14(15)18-16(19)11-21-13-7-5-6-12(17)10-13/h3-10H,2,11,17H2,1H3,(H,18,19). The molecule has 0 bridgehead atoms. The van der Waals surface area contributed by atoms with Crippen molar-refractivity contribution in [3.63, 3.8) is 0 Å². The quantitative estimate of drug-likeness (QED) is 0.801. The molecule has 2 aromatic carbocycles. The van der Waals surface area contributed by atoms with Crippen LogP contribution in [-0.2, 0) is 4.79 Å². The minimum Gasteiger partial charge on any atom is -0.492 e. The maximum atomic E-state index is 11.9. The zero-order chi connectivity index (χ0) is 15.1. The number of nitrogen functional groups attached to an aromatic ring is 1. The molecule has 1 amide bonds. The lowest BCUT2D eigenvalue weighted by molar-refractivity contribution is -0.118. The average Bonchev–Trinajstić information content (AvgIpc) is 2.48. The predicted octanol–water partition coefficient (Wildman–Crippen LogP) is 2.69. The van der Waals surface area contributed by atoms with Gasteiger partial charge in [-0.3, -0.25) is 4.79 Å². The van der Waals surface area contributed by atoms with Gasteiger partial charge >= 0.3 is 0 Å². The average molecular weight is 286 g/mol. The molecule has 0 saturated heterocycles. The number of hydrogen-bond acceptors (Lipinski definition) is 4. The molecule has 2 aromatic rings. The number of ether oxygens (including phenoxy) is 2. The molecule has 0 unspecified atom stereocenters. The smallest absolute Gasteiger partial charge is 0.262 e. The highest BCUT2D eigenvalue weighted by atomic mass is 16.5. The van der Waals surface area contributed by atoms with Crippen LogP contribution in [0.4, 0.5) is 11.4 Å². The zero-order valence-corrected chi connectivity index (χ0v) is 11.8. The van der Waals surface area contributed by atoms with Gasteiger partial charge < -0.3 is 20.5 Å². The molecule has 110 valence electrons. The monoisotopic (exact) mass is 286 g/mol. The van der Waals surface area contributed by atoms with Gasteiger partial charge in [-0.25, -0.2) is 0 Å². The molecule has 0 atom stereocenters. The van der Waals surface area contributed by atoms with Crippen molar-refractivity contribution in [2.24, 2.45) is 0 Å². The summed E-state index contributed by atoms with van der Waals surface area (Å²) in [6.45, 7) is 2.33. The van der Waals surface area contributed by atoms with Gasteiger partial charge in [0.15, 0.2) is 6.61 Å². The van der Waals surface area contributed by atoms with Gasteiger partial charge in [0.05, 0.1) is 12.3 Å². The first-order chi connectivity index (χ1) is 10.2. The van der Waals surface area contributed by atoms with Crippen LogP contribution in [0.3, 0.4) is 0 Å². The molecule has 5 heteroatoms. The van der Waals surface area contributed by atoms with Crippen molar-refractivity contribution in [2.75, 3.05) is 24.3 Å². The molecule has 0 aromatic heterocycles. The van der Waals surface area contributed by atoms with E-state index in [1.54, 1.807) is 36.4 Å². The Kier molecular flexibility index (Phi) is 5.04. The second-order valence-electron chi connectivity index (χ2n) is 4.34. The Morgan fingerprint density at radius 1 is 1.14 bits per heavy atom. The highest BCUT2D eigenvalue weighted by molar-refractivity contribution is 5.93. The van der Waals surface area contributed by atoms with Crippen LogP contribution < -0.4 is 20.5 Å². The molecular formula is C16H18N2O3. The van der Waals surface area contributed by atoms with Crippen molar-refractivity contribution < 1.29 is 14.3 Å². The van der Waals surface area contributed by atoms with E-state index in [1.165, 1.54) is 0 Å². The number of amides is 1. The van der Waals surface area contributed by atoms with Crippen LogP contribution in [0.15, 0.2) is 48.5 Å². The first-order valence-corrected chi connectivity index (χ1v) is 6.69. The lowest BCUT2D eigenvalue weighted by Crippen LogP contribution is -2.20.